The van der Waals surface area contributed by atoms with Crippen molar-refractivity contribution in [2.45, 2.75) is 33.2 Å². The maximum atomic E-state index is 5.73. The van der Waals surface area contributed by atoms with E-state index < -0.39 is 0 Å². The predicted molar refractivity (Wildman–Crippen MR) is 72.4 cm³/mol. The Morgan fingerprint density at radius 1 is 1.11 bits per heavy atom. The van der Waals surface area contributed by atoms with Gasteiger partial charge in [0.15, 0.2) is 5.82 Å². The normalized spacial score (nSPS) is 11.1. The van der Waals surface area contributed by atoms with E-state index in [2.05, 4.69) is 40.7 Å². The Morgan fingerprint density at radius 2 is 1.78 bits per heavy atom. The molecule has 2 rings (SSSR count). The minimum absolute atomic E-state index is 0.406. The van der Waals surface area contributed by atoms with Gasteiger partial charge in [-0.25, -0.2) is 0 Å². The van der Waals surface area contributed by atoms with Crippen molar-refractivity contribution >= 4 is 0 Å². The number of nitrogens with zero attached hydrogens (tertiary/aromatic N) is 3. The molecule has 0 atom stereocenters. The third-order valence-electron chi connectivity index (χ3n) is 2.94. The topological polar surface area (TPSA) is 56.7 Å². The highest BCUT2D eigenvalue weighted by atomic mass is 15.3. The molecule has 0 aliphatic carbocycles. The molecule has 0 spiro atoms. The largest absolute Gasteiger partial charge is 0.324 e. The molecule has 1 heterocycles. The highest BCUT2D eigenvalue weighted by molar-refractivity contribution is 5.34. The molecule has 4 nitrogen and oxygen atoms in total. The van der Waals surface area contributed by atoms with E-state index in [1.54, 1.807) is 0 Å². The Kier molecular flexibility index (Phi) is 4.10. The van der Waals surface area contributed by atoms with Crippen LogP contribution in [0.3, 0.4) is 0 Å². The van der Waals surface area contributed by atoms with Gasteiger partial charge in [0.25, 0.3) is 0 Å². The molecular formula is C14H20N4. The molecule has 1 aromatic carbocycles. The fourth-order valence-corrected chi connectivity index (χ4v) is 1.94. The third kappa shape index (κ3) is 2.76. The summed E-state index contributed by atoms with van der Waals surface area (Å²) in [7, 11) is 0. The zero-order chi connectivity index (χ0) is 13.0. The Hall–Kier alpha value is -1.68. The molecule has 0 fully saturated rings. The molecule has 2 aromatic rings. The lowest BCUT2D eigenvalue weighted by Crippen LogP contribution is -2.09. The molecule has 2 N–H and O–H groups in total. The van der Waals surface area contributed by atoms with Crippen LogP contribution in [-0.2, 0) is 13.0 Å². The van der Waals surface area contributed by atoms with E-state index in [-0.39, 0.29) is 0 Å². The van der Waals surface area contributed by atoms with E-state index >= 15 is 0 Å². The zero-order valence-electron chi connectivity index (χ0n) is 11.0. The highest BCUT2D eigenvalue weighted by Crippen LogP contribution is 2.15. The summed E-state index contributed by atoms with van der Waals surface area (Å²) in [4.78, 5) is 0. The van der Waals surface area contributed by atoms with Crippen LogP contribution in [0.25, 0.3) is 5.69 Å². The van der Waals surface area contributed by atoms with E-state index in [1.165, 1.54) is 0 Å². The molecule has 1 aromatic heterocycles. The van der Waals surface area contributed by atoms with Gasteiger partial charge in [-0.2, -0.15) is 0 Å². The van der Waals surface area contributed by atoms with Crippen LogP contribution >= 0.6 is 0 Å². The number of hydrogen-bond acceptors (Lipinski definition) is 3. The van der Waals surface area contributed by atoms with Crippen molar-refractivity contribution < 1.29 is 0 Å². The maximum absolute atomic E-state index is 5.73. The summed E-state index contributed by atoms with van der Waals surface area (Å²) >= 11 is 0. The third-order valence-corrected chi connectivity index (χ3v) is 2.94. The van der Waals surface area contributed by atoms with Crippen molar-refractivity contribution in [1.82, 2.24) is 14.8 Å². The fourth-order valence-electron chi connectivity index (χ4n) is 1.94. The molecule has 96 valence electrons. The monoisotopic (exact) mass is 244 g/mol. The lowest BCUT2D eigenvalue weighted by atomic mass is 10.1. The van der Waals surface area contributed by atoms with Gasteiger partial charge in [0.1, 0.15) is 5.82 Å². The highest BCUT2D eigenvalue weighted by Gasteiger charge is 2.12. The summed E-state index contributed by atoms with van der Waals surface area (Å²) in [5.41, 5.74) is 6.82. The average Bonchev–Trinajstić information content (AvgIpc) is 2.80. The van der Waals surface area contributed by atoms with Crippen molar-refractivity contribution in [2.24, 2.45) is 11.7 Å². The van der Waals surface area contributed by atoms with E-state index in [9.17, 15) is 0 Å². The number of aryl methyl sites for hydroxylation is 1. The minimum atomic E-state index is 0.406. The Labute approximate surface area is 108 Å². The lowest BCUT2D eigenvalue weighted by Gasteiger charge is -2.10. The molecule has 18 heavy (non-hydrogen) atoms. The van der Waals surface area contributed by atoms with Gasteiger partial charge in [-0.3, -0.25) is 4.57 Å². The van der Waals surface area contributed by atoms with Crippen molar-refractivity contribution in [3.8, 4) is 5.69 Å². The molecule has 4 heteroatoms. The van der Waals surface area contributed by atoms with Crippen molar-refractivity contribution in [1.29, 1.82) is 0 Å². The standard InChI is InChI=1S/C14H20N4/c1-11(2)8-9-13-16-17-14(10-15)18(13)12-6-4-3-5-7-12/h3-7,11H,8-10,15H2,1-2H3. The first-order valence-electron chi connectivity index (χ1n) is 6.41. The van der Waals surface area contributed by atoms with Gasteiger partial charge in [-0.1, -0.05) is 32.0 Å². The van der Waals surface area contributed by atoms with Gasteiger partial charge in [-0.05, 0) is 24.5 Å². The first-order chi connectivity index (χ1) is 8.72. The van der Waals surface area contributed by atoms with E-state index in [4.69, 9.17) is 5.73 Å². The molecule has 0 amide bonds. The van der Waals surface area contributed by atoms with Crippen LogP contribution in [0.5, 0.6) is 0 Å². The van der Waals surface area contributed by atoms with Gasteiger partial charge in [0.05, 0.1) is 6.54 Å². The number of para-hydroxylation sites is 1. The summed E-state index contributed by atoms with van der Waals surface area (Å²) in [5.74, 6) is 2.47. The van der Waals surface area contributed by atoms with Crippen LogP contribution in [0.2, 0.25) is 0 Å². The van der Waals surface area contributed by atoms with Crippen molar-refractivity contribution in [3.63, 3.8) is 0 Å². The van der Waals surface area contributed by atoms with Gasteiger partial charge in [0, 0.05) is 12.1 Å². The number of aromatic nitrogens is 3. The molecule has 0 saturated heterocycles. The zero-order valence-corrected chi connectivity index (χ0v) is 11.0. The van der Waals surface area contributed by atoms with E-state index in [1.807, 2.05) is 18.2 Å². The summed E-state index contributed by atoms with van der Waals surface area (Å²) in [6.45, 7) is 4.84. The summed E-state index contributed by atoms with van der Waals surface area (Å²) in [5, 5.41) is 8.45. The maximum Gasteiger partial charge on any atom is 0.151 e. The number of rotatable bonds is 5. The fraction of sp³-hybridized carbons (Fsp3) is 0.429. The number of hydrogen-bond donors (Lipinski definition) is 1. The predicted octanol–water partition coefficient (Wildman–Crippen LogP) is 2.31. The molecule has 0 aliphatic heterocycles. The second-order valence-corrected chi connectivity index (χ2v) is 4.84. The summed E-state index contributed by atoms with van der Waals surface area (Å²) in [6, 6.07) is 10.1. The average molecular weight is 244 g/mol. The Morgan fingerprint density at radius 3 is 2.39 bits per heavy atom. The number of nitrogens with two attached hydrogens (primary N) is 1. The van der Waals surface area contributed by atoms with E-state index in [0.717, 1.165) is 30.2 Å². The van der Waals surface area contributed by atoms with Gasteiger partial charge < -0.3 is 5.73 Å². The molecule has 0 radical (unpaired) electrons. The molecule has 0 bridgehead atoms. The second kappa shape index (κ2) is 5.78. The second-order valence-electron chi connectivity index (χ2n) is 4.84. The number of benzene rings is 1. The van der Waals surface area contributed by atoms with Crippen LogP contribution in [0, 0.1) is 5.92 Å². The van der Waals surface area contributed by atoms with Crippen LogP contribution in [0.4, 0.5) is 0 Å². The molecule has 0 unspecified atom stereocenters. The smallest absolute Gasteiger partial charge is 0.151 e. The molecule has 0 saturated carbocycles. The first-order valence-corrected chi connectivity index (χ1v) is 6.41. The van der Waals surface area contributed by atoms with Gasteiger partial charge in [0.2, 0.25) is 0 Å². The minimum Gasteiger partial charge on any atom is -0.324 e. The Bertz CT molecular complexity index is 488. The quantitative estimate of drug-likeness (QED) is 0.878. The summed E-state index contributed by atoms with van der Waals surface area (Å²) in [6.07, 6.45) is 2.04. The Balaban J connectivity index is 2.34. The van der Waals surface area contributed by atoms with Crippen LogP contribution in [0.1, 0.15) is 31.9 Å². The van der Waals surface area contributed by atoms with Crippen LogP contribution in [0.15, 0.2) is 30.3 Å². The SMILES string of the molecule is CC(C)CCc1nnc(CN)n1-c1ccccc1. The van der Waals surface area contributed by atoms with Crippen molar-refractivity contribution in [3.05, 3.63) is 42.0 Å². The van der Waals surface area contributed by atoms with Crippen LogP contribution in [-0.4, -0.2) is 14.8 Å². The molecular weight excluding hydrogens is 224 g/mol. The molecule has 0 aliphatic rings. The van der Waals surface area contributed by atoms with Gasteiger partial charge in [-0.15, -0.1) is 10.2 Å². The first kappa shape index (κ1) is 12.8. The summed E-state index contributed by atoms with van der Waals surface area (Å²) < 4.78 is 2.07. The lowest BCUT2D eigenvalue weighted by molar-refractivity contribution is 0.570. The van der Waals surface area contributed by atoms with E-state index in [0.29, 0.717) is 12.5 Å². The van der Waals surface area contributed by atoms with Crippen LogP contribution < -0.4 is 5.73 Å². The van der Waals surface area contributed by atoms with Crippen molar-refractivity contribution in [2.75, 3.05) is 0 Å². The van der Waals surface area contributed by atoms with Gasteiger partial charge >= 0.3 is 0 Å².